The summed E-state index contributed by atoms with van der Waals surface area (Å²) in [5.74, 6) is -3.03. The van der Waals surface area contributed by atoms with Gasteiger partial charge in [-0.1, -0.05) is 11.6 Å². The van der Waals surface area contributed by atoms with Crippen LogP contribution in [0.1, 0.15) is 37.5 Å². The zero-order valence-corrected chi connectivity index (χ0v) is 11.5. The molecular weight excluding hydrogens is 289 g/mol. The van der Waals surface area contributed by atoms with E-state index in [4.69, 9.17) is 11.6 Å². The zero-order chi connectivity index (χ0) is 14.3. The first-order chi connectivity index (χ1) is 9.46. The van der Waals surface area contributed by atoms with Gasteiger partial charge in [-0.25, -0.2) is 18.2 Å². The summed E-state index contributed by atoms with van der Waals surface area (Å²) < 4.78 is 42.6. The Morgan fingerprint density at radius 2 is 2.00 bits per heavy atom. The van der Waals surface area contributed by atoms with E-state index in [-0.39, 0.29) is 25.7 Å². The monoisotopic (exact) mass is 302 g/mol. The normalized spacial score (nSPS) is 21.2. The van der Waals surface area contributed by atoms with Gasteiger partial charge in [0.2, 0.25) is 5.92 Å². The van der Waals surface area contributed by atoms with Crippen LogP contribution >= 0.6 is 11.6 Å². The van der Waals surface area contributed by atoms with Gasteiger partial charge in [-0.2, -0.15) is 0 Å². The molecule has 1 aliphatic rings. The van der Waals surface area contributed by atoms with Crippen LogP contribution in [0.25, 0.3) is 5.52 Å². The van der Waals surface area contributed by atoms with Gasteiger partial charge < -0.3 is 4.40 Å². The second-order valence-corrected chi connectivity index (χ2v) is 5.82. The topological polar surface area (TPSA) is 17.3 Å². The molecule has 0 amide bonds. The lowest BCUT2D eigenvalue weighted by Crippen LogP contribution is -2.27. The molecule has 0 aliphatic heterocycles. The molecule has 2 heterocycles. The molecule has 0 bridgehead atoms. The first kappa shape index (κ1) is 13.7. The summed E-state index contributed by atoms with van der Waals surface area (Å²) in [4.78, 5) is 3.97. The molecule has 0 aromatic carbocycles. The zero-order valence-electron chi connectivity index (χ0n) is 10.7. The van der Waals surface area contributed by atoms with Crippen molar-refractivity contribution in [3.05, 3.63) is 35.4 Å². The quantitative estimate of drug-likeness (QED) is 0.777. The third-order valence-electron chi connectivity index (χ3n) is 3.98. The van der Waals surface area contributed by atoms with E-state index in [1.54, 1.807) is 22.7 Å². The van der Waals surface area contributed by atoms with Crippen molar-refractivity contribution in [1.82, 2.24) is 9.38 Å². The Morgan fingerprint density at radius 1 is 1.30 bits per heavy atom. The van der Waals surface area contributed by atoms with Crippen molar-refractivity contribution in [3.8, 4) is 0 Å². The van der Waals surface area contributed by atoms with E-state index in [1.165, 1.54) is 6.33 Å². The third-order valence-corrected chi connectivity index (χ3v) is 4.19. The van der Waals surface area contributed by atoms with Crippen molar-refractivity contribution in [2.24, 2.45) is 5.92 Å². The summed E-state index contributed by atoms with van der Waals surface area (Å²) in [6.45, 7) is 0. The number of fused-ring (bicyclic) bond motifs is 1. The Balaban J connectivity index is 1.89. The number of alkyl halides is 3. The van der Waals surface area contributed by atoms with E-state index >= 15 is 0 Å². The molecule has 0 spiro atoms. The average molecular weight is 303 g/mol. The molecule has 1 atom stereocenters. The Bertz CT molecular complexity index is 616. The molecule has 0 saturated heterocycles. The summed E-state index contributed by atoms with van der Waals surface area (Å²) in [5, 5.41) is 0.428. The maximum Gasteiger partial charge on any atom is 0.248 e. The van der Waals surface area contributed by atoms with Crippen molar-refractivity contribution >= 4 is 17.1 Å². The smallest absolute Gasteiger partial charge is 0.248 e. The Labute approximate surface area is 119 Å². The molecule has 1 unspecified atom stereocenters. The Kier molecular flexibility index (Phi) is 3.40. The number of pyridine rings is 1. The number of aromatic nitrogens is 2. The fourth-order valence-electron chi connectivity index (χ4n) is 2.83. The van der Waals surface area contributed by atoms with Gasteiger partial charge in [-0.15, -0.1) is 0 Å². The van der Waals surface area contributed by atoms with E-state index in [0.29, 0.717) is 16.2 Å². The van der Waals surface area contributed by atoms with Crippen LogP contribution in [-0.2, 0) is 0 Å². The lowest BCUT2D eigenvalue weighted by molar-refractivity contribution is -0.0550. The molecule has 1 fully saturated rings. The summed E-state index contributed by atoms with van der Waals surface area (Å²) >= 11 is 5.98. The van der Waals surface area contributed by atoms with Crippen LogP contribution in [0.4, 0.5) is 13.2 Å². The van der Waals surface area contributed by atoms with Gasteiger partial charge >= 0.3 is 0 Å². The van der Waals surface area contributed by atoms with Gasteiger partial charge in [0.15, 0.2) is 0 Å². The largest absolute Gasteiger partial charge is 0.300 e. The van der Waals surface area contributed by atoms with Gasteiger partial charge in [0.1, 0.15) is 6.17 Å². The van der Waals surface area contributed by atoms with Crippen molar-refractivity contribution in [2.45, 2.75) is 37.8 Å². The second-order valence-electron chi connectivity index (χ2n) is 5.38. The molecule has 6 heteroatoms. The summed E-state index contributed by atoms with van der Waals surface area (Å²) in [5.41, 5.74) is 1.09. The van der Waals surface area contributed by atoms with Gasteiger partial charge in [0.25, 0.3) is 0 Å². The Hall–Kier alpha value is -1.23. The van der Waals surface area contributed by atoms with Crippen LogP contribution in [0.5, 0.6) is 0 Å². The summed E-state index contributed by atoms with van der Waals surface area (Å²) in [6.07, 6.45) is 1.70. The minimum atomic E-state index is -2.64. The highest BCUT2D eigenvalue weighted by Crippen LogP contribution is 2.43. The van der Waals surface area contributed by atoms with Crippen LogP contribution in [0.15, 0.2) is 24.7 Å². The molecule has 108 valence electrons. The Morgan fingerprint density at radius 3 is 2.70 bits per heavy atom. The number of hydrogen-bond donors (Lipinski definition) is 0. The van der Waals surface area contributed by atoms with Gasteiger partial charge in [-0.3, -0.25) is 0 Å². The number of rotatable bonds is 2. The first-order valence-electron chi connectivity index (χ1n) is 6.60. The van der Waals surface area contributed by atoms with E-state index < -0.39 is 18.0 Å². The van der Waals surface area contributed by atoms with Gasteiger partial charge in [0.05, 0.1) is 23.7 Å². The lowest BCUT2D eigenvalue weighted by Gasteiger charge is -2.30. The maximum atomic E-state index is 14.7. The highest BCUT2D eigenvalue weighted by Gasteiger charge is 2.38. The van der Waals surface area contributed by atoms with Crippen molar-refractivity contribution in [3.63, 3.8) is 0 Å². The van der Waals surface area contributed by atoms with Crippen LogP contribution in [0.2, 0.25) is 5.02 Å². The SMILES string of the molecule is FC(c1cc(Cl)cc2cncn12)C1CCC(F)(F)CC1. The molecule has 20 heavy (non-hydrogen) atoms. The van der Waals surface area contributed by atoms with E-state index in [1.807, 2.05) is 0 Å². The minimum absolute atomic E-state index is 0.191. The average Bonchev–Trinajstić information content (AvgIpc) is 2.85. The predicted octanol–water partition coefficient (Wildman–Crippen LogP) is 4.82. The van der Waals surface area contributed by atoms with Crippen LogP contribution in [0, 0.1) is 5.92 Å². The molecule has 3 rings (SSSR count). The molecule has 1 aliphatic carbocycles. The van der Waals surface area contributed by atoms with Gasteiger partial charge in [0, 0.05) is 17.9 Å². The van der Waals surface area contributed by atoms with Crippen molar-refractivity contribution < 1.29 is 13.2 Å². The number of nitrogens with zero attached hydrogens (tertiary/aromatic N) is 2. The van der Waals surface area contributed by atoms with Crippen LogP contribution in [0.3, 0.4) is 0 Å². The number of imidazole rings is 1. The second kappa shape index (κ2) is 4.95. The molecule has 2 aromatic heterocycles. The summed E-state index contributed by atoms with van der Waals surface area (Å²) in [7, 11) is 0. The van der Waals surface area contributed by atoms with E-state index in [9.17, 15) is 13.2 Å². The summed E-state index contributed by atoms with van der Waals surface area (Å²) in [6, 6.07) is 3.24. The fourth-order valence-corrected chi connectivity index (χ4v) is 3.05. The molecular formula is C14H14ClF3N2. The van der Waals surface area contributed by atoms with Gasteiger partial charge in [-0.05, 0) is 30.9 Å². The first-order valence-corrected chi connectivity index (χ1v) is 6.97. The highest BCUT2D eigenvalue weighted by molar-refractivity contribution is 6.31. The van der Waals surface area contributed by atoms with Crippen LogP contribution < -0.4 is 0 Å². The van der Waals surface area contributed by atoms with Crippen molar-refractivity contribution in [1.29, 1.82) is 0 Å². The maximum absolute atomic E-state index is 14.7. The highest BCUT2D eigenvalue weighted by atomic mass is 35.5. The molecule has 2 nitrogen and oxygen atoms in total. The molecule has 1 saturated carbocycles. The minimum Gasteiger partial charge on any atom is -0.300 e. The van der Waals surface area contributed by atoms with E-state index in [0.717, 1.165) is 0 Å². The van der Waals surface area contributed by atoms with Crippen LogP contribution in [-0.4, -0.2) is 15.3 Å². The van der Waals surface area contributed by atoms with Crippen molar-refractivity contribution in [2.75, 3.05) is 0 Å². The predicted molar refractivity (Wildman–Crippen MR) is 71.0 cm³/mol. The molecule has 0 radical (unpaired) electrons. The molecule has 2 aromatic rings. The fraction of sp³-hybridized carbons (Fsp3) is 0.500. The number of halogens is 4. The third kappa shape index (κ3) is 2.51. The van der Waals surface area contributed by atoms with E-state index in [2.05, 4.69) is 4.98 Å². The number of hydrogen-bond acceptors (Lipinski definition) is 1. The standard InChI is InChI=1S/C14H14ClF3N2/c15-10-5-11-7-19-8-20(11)12(6-10)13(16)9-1-3-14(17,18)4-2-9/h5-9,13H,1-4H2. The molecule has 0 N–H and O–H groups in total. The lowest BCUT2D eigenvalue weighted by atomic mass is 9.83.